The van der Waals surface area contributed by atoms with Gasteiger partial charge in [0.05, 0.1) is 41.7 Å². The van der Waals surface area contributed by atoms with Gasteiger partial charge in [0.1, 0.15) is 47.0 Å². The van der Waals surface area contributed by atoms with Crippen molar-refractivity contribution in [1.29, 1.82) is 0 Å². The molecular formula is C51H56N4O19S5-4. The second-order valence-electron chi connectivity index (χ2n) is 19.4. The number of fused-ring (bicyclic) bond motifs is 6. The standard InChI is InChI=1S/C50H56N4O19S5.CH4/c1-49(2)42(52(23-10-6-9-14-44(55)51-22-24-54-45(56)19-20-46(54)57)38-17-15-34-36(47(38)49)28-32(75(61,62)63)30-40(34)77(67,68)69)12-7-5-8-13-43-50(3,21-11-27-74(58,59)60)48-37-29-33(76(64,65)66)31-41(78(70,71)72)35(37)16-18-39(48)53(43)25-26-73-4;/h5,7-8,12-13,15-20,28-31H,6,9-11,14,21-27H2,1-4H3,(H5-,51,55,58,59,60,61,62,63,64,65,66,67,68,69,70,71,72);1H4/p-4. The molecule has 0 radical (unpaired) electrons. The molecule has 0 aromatic heterocycles. The number of amides is 3. The molecule has 0 spiro atoms. The van der Waals surface area contributed by atoms with E-state index in [0.717, 1.165) is 29.2 Å². The van der Waals surface area contributed by atoms with Gasteiger partial charge in [-0.15, -0.1) is 0 Å². The number of carbonyl (C=O) groups is 3. The molecule has 3 aliphatic heterocycles. The third kappa shape index (κ3) is 13.3. The third-order valence-corrected chi connectivity index (χ3v) is 18.1. The van der Waals surface area contributed by atoms with Gasteiger partial charge in [-0.3, -0.25) is 19.3 Å². The number of nitrogens with zero attached hydrogens (tertiary/aromatic N) is 3. The second-order valence-corrected chi connectivity index (χ2v) is 26.4. The molecule has 0 bridgehead atoms. The second kappa shape index (κ2) is 23.2. The zero-order chi connectivity index (χ0) is 57.6. The Labute approximate surface area is 458 Å². The average molecular weight is 1190 g/mol. The van der Waals surface area contributed by atoms with Crippen molar-refractivity contribution in [2.45, 2.75) is 97.1 Å². The molecule has 7 rings (SSSR count). The molecule has 3 heterocycles. The first-order valence-corrected chi connectivity index (χ1v) is 31.2. The Balaban J connectivity index is 0.0000101. The Morgan fingerprint density at radius 2 is 1.24 bits per heavy atom. The maximum atomic E-state index is 12.7. The summed E-state index contributed by atoms with van der Waals surface area (Å²) in [6.45, 7) is 5.68. The quantitative estimate of drug-likeness (QED) is 0.0361. The van der Waals surface area contributed by atoms with Crippen LogP contribution in [0.2, 0.25) is 0 Å². The van der Waals surface area contributed by atoms with E-state index in [1.54, 1.807) is 62.1 Å². The Morgan fingerprint density at radius 1 is 0.671 bits per heavy atom. The van der Waals surface area contributed by atoms with Crippen LogP contribution < -0.4 is 10.2 Å². The van der Waals surface area contributed by atoms with Crippen molar-refractivity contribution in [3.63, 3.8) is 0 Å². The summed E-state index contributed by atoms with van der Waals surface area (Å²) < 4.78 is 193. The maximum Gasteiger partial charge on any atom is 0.253 e. The molecule has 1 atom stereocenters. The van der Waals surface area contributed by atoms with Crippen molar-refractivity contribution in [3.8, 4) is 0 Å². The summed E-state index contributed by atoms with van der Waals surface area (Å²) in [7, 11) is -24.7. The summed E-state index contributed by atoms with van der Waals surface area (Å²) in [5, 5.41) is 2.24. The summed E-state index contributed by atoms with van der Waals surface area (Å²) in [6, 6.07) is 8.65. The molecule has 28 heteroatoms. The summed E-state index contributed by atoms with van der Waals surface area (Å²) in [4.78, 5) is 35.3. The van der Waals surface area contributed by atoms with Crippen molar-refractivity contribution in [1.82, 2.24) is 10.2 Å². The van der Waals surface area contributed by atoms with Gasteiger partial charge in [-0.2, -0.15) is 4.58 Å². The molecule has 3 aliphatic rings. The SMILES string of the molecule is C.COCCN1C(=CC=CC=CC2=[N+](CCCCCC(=O)NCCN3C(=O)C=CC3=O)c3ccc4c(S(=O)(=O)[O-])cc(S(=O)(=O)[O-])cc4c3C2(C)C)C(C)(CCCS(=O)(=O)[O-])c2c1ccc1c(S(=O)(=O)[O-])cc(S(=O)(=O)[O-])cc21. The molecule has 1 N–H and O–H groups in total. The number of methoxy groups -OCH3 is 1. The lowest BCUT2D eigenvalue weighted by molar-refractivity contribution is -0.438. The number of nitrogens with one attached hydrogen (secondary N) is 1. The number of hydrogen-bond donors (Lipinski definition) is 1. The van der Waals surface area contributed by atoms with Crippen molar-refractivity contribution in [2.75, 3.05) is 50.5 Å². The number of ether oxygens (including phenoxy) is 1. The number of hydrogen-bond acceptors (Lipinski definition) is 20. The third-order valence-electron chi connectivity index (χ3n) is 13.9. The van der Waals surface area contributed by atoms with Crippen molar-refractivity contribution in [2.24, 2.45) is 0 Å². The molecule has 0 saturated carbocycles. The highest BCUT2D eigenvalue weighted by atomic mass is 32.2. The lowest BCUT2D eigenvalue weighted by Crippen LogP contribution is -2.38. The predicted octanol–water partition coefficient (Wildman–Crippen LogP) is 3.97. The first kappa shape index (κ1) is 62.2. The first-order chi connectivity index (χ1) is 36.2. The van der Waals surface area contributed by atoms with E-state index in [4.69, 9.17) is 4.74 Å². The van der Waals surface area contributed by atoms with E-state index in [1.807, 2.05) is 4.58 Å². The van der Waals surface area contributed by atoms with E-state index < -0.39 is 98.6 Å². The summed E-state index contributed by atoms with van der Waals surface area (Å²) in [5.41, 5.74) is -0.0616. The number of benzene rings is 4. The van der Waals surface area contributed by atoms with E-state index in [0.29, 0.717) is 59.7 Å². The van der Waals surface area contributed by atoms with Crippen LogP contribution in [-0.2, 0) is 80.5 Å². The van der Waals surface area contributed by atoms with E-state index in [-0.39, 0.29) is 92.5 Å². The van der Waals surface area contributed by atoms with Gasteiger partial charge in [0.15, 0.2) is 5.71 Å². The highest BCUT2D eigenvalue weighted by Crippen LogP contribution is 2.54. The van der Waals surface area contributed by atoms with Gasteiger partial charge in [-0.05, 0) is 111 Å². The molecule has 4 aromatic rings. The lowest BCUT2D eigenvalue weighted by Gasteiger charge is -2.31. The summed E-state index contributed by atoms with van der Waals surface area (Å²) >= 11 is 0. The molecule has 428 valence electrons. The normalized spacial score (nSPS) is 18.3. The zero-order valence-electron chi connectivity index (χ0n) is 42.3. The minimum absolute atomic E-state index is 0. The van der Waals surface area contributed by atoms with Crippen LogP contribution in [0.5, 0.6) is 0 Å². The van der Waals surface area contributed by atoms with Gasteiger partial charge in [0, 0.05) is 97.4 Å². The van der Waals surface area contributed by atoms with Gasteiger partial charge in [0.25, 0.3) is 11.8 Å². The van der Waals surface area contributed by atoms with Crippen LogP contribution in [0.3, 0.4) is 0 Å². The molecular weight excluding hydrogens is 1130 g/mol. The molecule has 0 fully saturated rings. The molecule has 1 unspecified atom stereocenters. The highest BCUT2D eigenvalue weighted by Gasteiger charge is 2.47. The molecule has 79 heavy (non-hydrogen) atoms. The zero-order valence-corrected chi connectivity index (χ0v) is 46.4. The summed E-state index contributed by atoms with van der Waals surface area (Å²) in [6.07, 6.45) is 11.6. The van der Waals surface area contributed by atoms with E-state index >= 15 is 0 Å². The van der Waals surface area contributed by atoms with Crippen molar-refractivity contribution in [3.05, 3.63) is 108 Å². The van der Waals surface area contributed by atoms with Crippen LogP contribution in [0.25, 0.3) is 21.5 Å². The van der Waals surface area contributed by atoms with Gasteiger partial charge in [-0.25, -0.2) is 42.1 Å². The van der Waals surface area contributed by atoms with Crippen LogP contribution in [0.15, 0.2) is 116 Å². The monoisotopic (exact) mass is 1190 g/mol. The minimum atomic E-state index is -5.40. The fourth-order valence-corrected chi connectivity index (χ4v) is 13.6. The maximum absolute atomic E-state index is 12.7. The molecule has 4 aromatic carbocycles. The van der Waals surface area contributed by atoms with Crippen LogP contribution in [0.1, 0.15) is 77.8 Å². The number of imide groups is 1. The smallest absolute Gasteiger partial charge is 0.253 e. The molecule has 3 amide bonds. The number of anilines is 1. The number of carbonyl (C=O) groups excluding carboxylic acids is 3. The molecule has 0 saturated heterocycles. The van der Waals surface area contributed by atoms with Gasteiger partial charge >= 0.3 is 0 Å². The average Bonchev–Trinajstić information content (AvgIpc) is 3.95. The van der Waals surface area contributed by atoms with Gasteiger partial charge in [0.2, 0.25) is 11.6 Å². The molecule has 0 aliphatic carbocycles. The van der Waals surface area contributed by atoms with E-state index in [1.165, 1.54) is 25.3 Å². The van der Waals surface area contributed by atoms with Crippen LogP contribution in [0.4, 0.5) is 11.4 Å². The summed E-state index contributed by atoms with van der Waals surface area (Å²) in [5.74, 6) is -2.09. The fraction of sp³-hybridized carbons (Fsp3) is 0.373. The van der Waals surface area contributed by atoms with Crippen LogP contribution in [0, 0.1) is 0 Å². The van der Waals surface area contributed by atoms with E-state index in [2.05, 4.69) is 5.32 Å². The number of rotatable bonds is 23. The lowest BCUT2D eigenvalue weighted by atomic mass is 9.75. The molecule has 23 nitrogen and oxygen atoms in total. The highest BCUT2D eigenvalue weighted by molar-refractivity contribution is 7.87. The Kier molecular flexibility index (Phi) is 18.3. The fourth-order valence-electron chi connectivity index (χ4n) is 10.5. The number of unbranched alkanes of at least 4 members (excludes halogenated alkanes) is 2. The Hall–Kier alpha value is -6.05. The Bertz CT molecular complexity index is 3910. The minimum Gasteiger partial charge on any atom is -0.748 e. The van der Waals surface area contributed by atoms with Crippen LogP contribution >= 0.6 is 0 Å². The predicted molar refractivity (Wildman–Crippen MR) is 283 cm³/mol. The Morgan fingerprint density at radius 3 is 1.78 bits per heavy atom. The van der Waals surface area contributed by atoms with E-state index in [9.17, 15) is 79.2 Å². The van der Waals surface area contributed by atoms with Gasteiger partial charge in [-0.1, -0.05) is 31.7 Å². The first-order valence-electron chi connectivity index (χ1n) is 24.0. The van der Waals surface area contributed by atoms with Crippen molar-refractivity contribution < 1.29 is 88.5 Å². The van der Waals surface area contributed by atoms with Gasteiger partial charge < -0.3 is 37.7 Å². The van der Waals surface area contributed by atoms with Crippen molar-refractivity contribution >= 4 is 107 Å². The van der Waals surface area contributed by atoms with Crippen LogP contribution in [-0.4, -0.2) is 143 Å². The topological polar surface area (TPSA) is 368 Å². The number of allylic oxidation sites excluding steroid dienone is 6. The largest absolute Gasteiger partial charge is 0.748 e.